The Morgan fingerprint density at radius 2 is 1.68 bits per heavy atom. The lowest BCUT2D eigenvalue weighted by Gasteiger charge is -2.12. The van der Waals surface area contributed by atoms with Gasteiger partial charge in [-0.15, -0.1) is 0 Å². The SMILES string of the molecule is CCC(C)NC(=O)c1ccc(C(=O)Nc2ccc(OC)c(Cl)c2)cc1. The lowest BCUT2D eigenvalue weighted by atomic mass is 10.1. The molecular weight excluding hydrogens is 340 g/mol. The first kappa shape index (κ1) is 18.8. The normalized spacial score (nSPS) is 11.5. The van der Waals surface area contributed by atoms with Crippen LogP contribution in [0.15, 0.2) is 42.5 Å². The molecule has 0 fully saturated rings. The van der Waals surface area contributed by atoms with E-state index in [2.05, 4.69) is 10.6 Å². The molecule has 0 radical (unpaired) electrons. The van der Waals surface area contributed by atoms with Gasteiger partial charge in [0.15, 0.2) is 0 Å². The van der Waals surface area contributed by atoms with E-state index in [0.717, 1.165) is 6.42 Å². The number of carbonyl (C=O) groups excluding carboxylic acids is 2. The first-order chi connectivity index (χ1) is 11.9. The van der Waals surface area contributed by atoms with Crippen molar-refractivity contribution >= 4 is 29.1 Å². The van der Waals surface area contributed by atoms with Gasteiger partial charge in [0.2, 0.25) is 0 Å². The number of ether oxygens (including phenoxy) is 1. The summed E-state index contributed by atoms with van der Waals surface area (Å²) in [7, 11) is 1.53. The quantitative estimate of drug-likeness (QED) is 0.813. The Morgan fingerprint density at radius 3 is 2.20 bits per heavy atom. The van der Waals surface area contributed by atoms with Crippen LogP contribution in [0.25, 0.3) is 0 Å². The largest absolute Gasteiger partial charge is 0.495 e. The minimum absolute atomic E-state index is 0.107. The van der Waals surface area contributed by atoms with Gasteiger partial charge in [-0.05, 0) is 55.8 Å². The van der Waals surface area contributed by atoms with Gasteiger partial charge >= 0.3 is 0 Å². The monoisotopic (exact) mass is 360 g/mol. The number of halogens is 1. The molecule has 0 bridgehead atoms. The van der Waals surface area contributed by atoms with Crippen molar-refractivity contribution in [1.82, 2.24) is 5.32 Å². The van der Waals surface area contributed by atoms with Crippen molar-refractivity contribution in [2.45, 2.75) is 26.3 Å². The molecule has 0 saturated carbocycles. The Kier molecular flexibility index (Phi) is 6.42. The van der Waals surface area contributed by atoms with Gasteiger partial charge in [0.05, 0.1) is 12.1 Å². The van der Waals surface area contributed by atoms with Crippen molar-refractivity contribution in [1.29, 1.82) is 0 Å². The van der Waals surface area contributed by atoms with Crippen LogP contribution in [0.4, 0.5) is 5.69 Å². The number of hydrogen-bond acceptors (Lipinski definition) is 3. The van der Waals surface area contributed by atoms with Crippen LogP contribution in [0.3, 0.4) is 0 Å². The second-order valence-electron chi connectivity index (χ2n) is 5.66. The molecule has 132 valence electrons. The molecule has 0 aliphatic carbocycles. The van der Waals surface area contributed by atoms with E-state index in [1.165, 1.54) is 7.11 Å². The maximum absolute atomic E-state index is 12.3. The van der Waals surface area contributed by atoms with Crippen LogP contribution < -0.4 is 15.4 Å². The van der Waals surface area contributed by atoms with Crippen LogP contribution in [0.2, 0.25) is 5.02 Å². The summed E-state index contributed by atoms with van der Waals surface area (Å²) in [4.78, 5) is 24.3. The van der Waals surface area contributed by atoms with E-state index in [1.54, 1.807) is 42.5 Å². The summed E-state index contributed by atoms with van der Waals surface area (Å²) in [5.41, 5.74) is 1.53. The van der Waals surface area contributed by atoms with Gasteiger partial charge in [-0.2, -0.15) is 0 Å². The van der Waals surface area contributed by atoms with Crippen molar-refractivity contribution in [3.8, 4) is 5.75 Å². The van der Waals surface area contributed by atoms with E-state index in [1.807, 2.05) is 13.8 Å². The average Bonchev–Trinajstić information content (AvgIpc) is 2.61. The van der Waals surface area contributed by atoms with Crippen LogP contribution in [0.1, 0.15) is 41.0 Å². The molecule has 6 heteroatoms. The maximum Gasteiger partial charge on any atom is 0.255 e. The highest BCUT2D eigenvalue weighted by Gasteiger charge is 2.11. The van der Waals surface area contributed by atoms with Crippen molar-refractivity contribution in [2.75, 3.05) is 12.4 Å². The third-order valence-electron chi connectivity index (χ3n) is 3.81. The molecule has 0 heterocycles. The minimum atomic E-state index is -0.282. The second kappa shape index (κ2) is 8.53. The Morgan fingerprint density at radius 1 is 1.08 bits per heavy atom. The topological polar surface area (TPSA) is 67.4 Å². The second-order valence-corrected chi connectivity index (χ2v) is 6.07. The summed E-state index contributed by atoms with van der Waals surface area (Å²) in [6.07, 6.45) is 0.858. The van der Waals surface area contributed by atoms with Crippen LogP contribution >= 0.6 is 11.6 Å². The Hall–Kier alpha value is -2.53. The fraction of sp³-hybridized carbons (Fsp3) is 0.263. The summed E-state index contributed by atoms with van der Waals surface area (Å²) in [5.74, 6) is 0.106. The molecular formula is C19H21ClN2O3. The van der Waals surface area contributed by atoms with E-state index in [9.17, 15) is 9.59 Å². The third-order valence-corrected chi connectivity index (χ3v) is 4.10. The Labute approximate surface area is 152 Å². The number of hydrogen-bond donors (Lipinski definition) is 2. The molecule has 0 aromatic heterocycles. The molecule has 2 aromatic rings. The number of carbonyl (C=O) groups is 2. The zero-order valence-electron chi connectivity index (χ0n) is 14.4. The van der Waals surface area contributed by atoms with Gasteiger partial charge in [0.25, 0.3) is 11.8 Å². The molecule has 5 nitrogen and oxygen atoms in total. The number of anilines is 1. The number of rotatable bonds is 6. The Bertz CT molecular complexity index is 760. The lowest BCUT2D eigenvalue weighted by molar-refractivity contribution is 0.0937. The highest BCUT2D eigenvalue weighted by atomic mass is 35.5. The summed E-state index contributed by atoms with van der Waals surface area (Å²) in [6, 6.07) is 11.6. The van der Waals surface area contributed by atoms with Gasteiger partial charge in [0, 0.05) is 22.9 Å². The molecule has 2 N–H and O–H groups in total. The van der Waals surface area contributed by atoms with Crippen LogP contribution in [0, 0.1) is 0 Å². The van der Waals surface area contributed by atoms with Crippen molar-refractivity contribution < 1.29 is 14.3 Å². The third kappa shape index (κ3) is 4.97. The molecule has 0 spiro atoms. The fourth-order valence-corrected chi connectivity index (χ4v) is 2.39. The van der Waals surface area contributed by atoms with Crippen LogP contribution in [0.5, 0.6) is 5.75 Å². The number of methoxy groups -OCH3 is 1. The summed E-state index contributed by atoms with van der Waals surface area (Å²) in [5, 5.41) is 6.06. The van der Waals surface area contributed by atoms with Gasteiger partial charge in [-0.1, -0.05) is 18.5 Å². The first-order valence-corrected chi connectivity index (χ1v) is 8.38. The van der Waals surface area contributed by atoms with E-state index < -0.39 is 0 Å². The molecule has 25 heavy (non-hydrogen) atoms. The van der Waals surface area contributed by atoms with E-state index >= 15 is 0 Å². The molecule has 0 aliphatic rings. The molecule has 2 aromatic carbocycles. The highest BCUT2D eigenvalue weighted by molar-refractivity contribution is 6.32. The standard InChI is InChI=1S/C19H21ClN2O3/c1-4-12(2)21-18(23)13-5-7-14(8-6-13)19(24)22-15-9-10-17(25-3)16(20)11-15/h5-12H,4H2,1-3H3,(H,21,23)(H,22,24). The first-order valence-electron chi connectivity index (χ1n) is 8.00. The van der Waals surface area contributed by atoms with E-state index in [-0.39, 0.29) is 17.9 Å². The van der Waals surface area contributed by atoms with E-state index in [0.29, 0.717) is 27.6 Å². The minimum Gasteiger partial charge on any atom is -0.495 e. The molecule has 1 unspecified atom stereocenters. The van der Waals surface area contributed by atoms with Gasteiger partial charge in [-0.3, -0.25) is 9.59 Å². The zero-order chi connectivity index (χ0) is 18.4. The van der Waals surface area contributed by atoms with Crippen LogP contribution in [-0.2, 0) is 0 Å². The molecule has 0 saturated heterocycles. The molecule has 2 rings (SSSR count). The smallest absolute Gasteiger partial charge is 0.255 e. The zero-order valence-corrected chi connectivity index (χ0v) is 15.2. The van der Waals surface area contributed by atoms with Crippen molar-refractivity contribution in [2.24, 2.45) is 0 Å². The summed E-state index contributed by atoms with van der Waals surface area (Å²) in [6.45, 7) is 3.95. The predicted octanol–water partition coefficient (Wildman–Crippen LogP) is 4.13. The molecule has 2 amide bonds. The van der Waals surface area contributed by atoms with Gasteiger partial charge in [0.1, 0.15) is 5.75 Å². The number of nitrogens with one attached hydrogen (secondary N) is 2. The number of benzene rings is 2. The summed E-state index contributed by atoms with van der Waals surface area (Å²) < 4.78 is 5.08. The van der Waals surface area contributed by atoms with Crippen molar-refractivity contribution in [3.05, 3.63) is 58.6 Å². The maximum atomic E-state index is 12.3. The summed E-state index contributed by atoms with van der Waals surface area (Å²) >= 11 is 6.05. The lowest BCUT2D eigenvalue weighted by Crippen LogP contribution is -2.31. The predicted molar refractivity (Wildman–Crippen MR) is 99.6 cm³/mol. The van der Waals surface area contributed by atoms with E-state index in [4.69, 9.17) is 16.3 Å². The van der Waals surface area contributed by atoms with Crippen molar-refractivity contribution in [3.63, 3.8) is 0 Å². The van der Waals surface area contributed by atoms with Crippen LogP contribution in [-0.4, -0.2) is 25.0 Å². The van der Waals surface area contributed by atoms with Gasteiger partial charge < -0.3 is 15.4 Å². The van der Waals surface area contributed by atoms with Gasteiger partial charge in [-0.25, -0.2) is 0 Å². The Balaban J connectivity index is 2.05. The number of amides is 2. The fourth-order valence-electron chi connectivity index (χ4n) is 2.13. The average molecular weight is 361 g/mol. The molecule has 1 atom stereocenters. The highest BCUT2D eigenvalue weighted by Crippen LogP contribution is 2.27. The molecule has 0 aliphatic heterocycles.